The Kier molecular flexibility index (Phi) is 3.88. The molecule has 0 aliphatic carbocycles. The van der Waals surface area contributed by atoms with Gasteiger partial charge in [-0.3, -0.25) is 9.59 Å². The van der Waals surface area contributed by atoms with Crippen LogP contribution in [0.15, 0.2) is 12.1 Å². The lowest BCUT2D eigenvalue weighted by atomic mass is 9.83. The van der Waals surface area contributed by atoms with Gasteiger partial charge in [0.25, 0.3) is 5.91 Å². The molecule has 1 fully saturated rings. The number of carbonyl (C=O) groups is 2. The van der Waals surface area contributed by atoms with Crippen LogP contribution in [-0.2, 0) is 11.8 Å². The van der Waals surface area contributed by atoms with Gasteiger partial charge in [-0.2, -0.15) is 0 Å². The molecule has 1 N–H and O–H groups in total. The summed E-state index contributed by atoms with van der Waals surface area (Å²) in [5.74, 6) is -0.850. The Morgan fingerprint density at radius 1 is 1.40 bits per heavy atom. The summed E-state index contributed by atoms with van der Waals surface area (Å²) in [6.45, 7) is 4.77. The lowest BCUT2D eigenvalue weighted by Crippen LogP contribution is -2.37. The SMILES string of the molecule is CCCC1(C(=O)O)CCN(C(=O)c2ccc(C)n2C)C1. The van der Waals surface area contributed by atoms with E-state index < -0.39 is 11.4 Å². The molecule has 5 heteroatoms. The largest absolute Gasteiger partial charge is 0.481 e. The Balaban J connectivity index is 2.18. The van der Waals surface area contributed by atoms with Gasteiger partial charge in [-0.05, 0) is 31.9 Å². The van der Waals surface area contributed by atoms with Gasteiger partial charge in [0.2, 0.25) is 0 Å². The van der Waals surface area contributed by atoms with Crippen molar-refractivity contribution < 1.29 is 14.7 Å². The summed E-state index contributed by atoms with van der Waals surface area (Å²) in [5.41, 5.74) is 0.885. The number of aromatic nitrogens is 1. The molecule has 0 bridgehead atoms. The lowest BCUT2D eigenvalue weighted by molar-refractivity contribution is -0.148. The van der Waals surface area contributed by atoms with Gasteiger partial charge in [-0.15, -0.1) is 0 Å². The van der Waals surface area contributed by atoms with Crippen molar-refractivity contribution in [2.75, 3.05) is 13.1 Å². The minimum Gasteiger partial charge on any atom is -0.481 e. The highest BCUT2D eigenvalue weighted by Gasteiger charge is 2.45. The molecule has 1 aromatic heterocycles. The van der Waals surface area contributed by atoms with E-state index in [9.17, 15) is 14.7 Å². The molecule has 2 rings (SSSR count). The average Bonchev–Trinajstić information content (AvgIpc) is 2.96. The first-order valence-corrected chi connectivity index (χ1v) is 7.06. The smallest absolute Gasteiger partial charge is 0.311 e. The van der Waals surface area contributed by atoms with Gasteiger partial charge < -0.3 is 14.6 Å². The van der Waals surface area contributed by atoms with E-state index in [1.165, 1.54) is 0 Å². The first-order chi connectivity index (χ1) is 9.41. The molecule has 1 unspecified atom stereocenters. The summed E-state index contributed by atoms with van der Waals surface area (Å²) < 4.78 is 1.85. The summed E-state index contributed by atoms with van der Waals surface area (Å²) in [5, 5.41) is 9.48. The number of likely N-dealkylation sites (tertiary alicyclic amines) is 1. The van der Waals surface area contributed by atoms with Crippen molar-refractivity contribution in [1.82, 2.24) is 9.47 Å². The van der Waals surface area contributed by atoms with Crippen LogP contribution in [0.5, 0.6) is 0 Å². The summed E-state index contributed by atoms with van der Waals surface area (Å²) >= 11 is 0. The number of carboxylic acids is 1. The minimum absolute atomic E-state index is 0.0696. The fraction of sp³-hybridized carbons (Fsp3) is 0.600. The van der Waals surface area contributed by atoms with Crippen LogP contribution in [0.1, 0.15) is 42.4 Å². The Morgan fingerprint density at radius 3 is 2.60 bits per heavy atom. The van der Waals surface area contributed by atoms with Crippen molar-refractivity contribution in [3.05, 3.63) is 23.5 Å². The average molecular weight is 278 g/mol. The van der Waals surface area contributed by atoms with E-state index in [4.69, 9.17) is 0 Å². The summed E-state index contributed by atoms with van der Waals surface area (Å²) in [6, 6.07) is 3.71. The maximum absolute atomic E-state index is 12.5. The number of hydrogen-bond acceptors (Lipinski definition) is 2. The van der Waals surface area contributed by atoms with E-state index >= 15 is 0 Å². The quantitative estimate of drug-likeness (QED) is 0.917. The zero-order chi connectivity index (χ0) is 14.9. The van der Waals surface area contributed by atoms with Crippen LogP contribution in [0.25, 0.3) is 0 Å². The fourth-order valence-electron chi connectivity index (χ4n) is 3.00. The first-order valence-electron chi connectivity index (χ1n) is 7.06. The van der Waals surface area contributed by atoms with Crippen LogP contribution < -0.4 is 0 Å². The molecule has 1 amide bonds. The number of amides is 1. The van der Waals surface area contributed by atoms with Gasteiger partial charge in [-0.25, -0.2) is 0 Å². The molecule has 20 heavy (non-hydrogen) atoms. The molecular weight excluding hydrogens is 256 g/mol. The molecule has 1 aliphatic rings. The number of aliphatic carboxylic acids is 1. The maximum Gasteiger partial charge on any atom is 0.311 e. The van der Waals surface area contributed by atoms with Gasteiger partial charge in [0.15, 0.2) is 0 Å². The van der Waals surface area contributed by atoms with Crippen LogP contribution in [0.2, 0.25) is 0 Å². The minimum atomic E-state index is -0.780. The molecule has 0 saturated carbocycles. The second-order valence-corrected chi connectivity index (χ2v) is 5.73. The predicted molar refractivity (Wildman–Crippen MR) is 75.6 cm³/mol. The van der Waals surface area contributed by atoms with Crippen LogP contribution in [-0.4, -0.2) is 39.5 Å². The zero-order valence-corrected chi connectivity index (χ0v) is 12.3. The standard InChI is InChI=1S/C15H22N2O3/c1-4-7-15(14(19)20)8-9-17(10-15)13(18)12-6-5-11(2)16(12)3/h5-6H,4,7-10H2,1-3H3,(H,19,20). The number of nitrogens with zero attached hydrogens (tertiary/aromatic N) is 2. The maximum atomic E-state index is 12.5. The van der Waals surface area contributed by atoms with E-state index in [1.54, 1.807) is 11.0 Å². The monoisotopic (exact) mass is 278 g/mol. The zero-order valence-electron chi connectivity index (χ0n) is 12.3. The van der Waals surface area contributed by atoms with Gasteiger partial charge in [-0.1, -0.05) is 13.3 Å². The Bertz CT molecular complexity index is 535. The molecule has 1 saturated heterocycles. The molecule has 1 atom stereocenters. The third kappa shape index (κ3) is 2.32. The number of hydrogen-bond donors (Lipinski definition) is 1. The second kappa shape index (κ2) is 5.31. The summed E-state index contributed by atoms with van der Waals surface area (Å²) in [7, 11) is 1.86. The normalized spacial score (nSPS) is 22.2. The van der Waals surface area contributed by atoms with Crippen molar-refractivity contribution in [3.63, 3.8) is 0 Å². The van der Waals surface area contributed by atoms with Gasteiger partial charge in [0.05, 0.1) is 5.41 Å². The molecule has 0 spiro atoms. The molecule has 0 aromatic carbocycles. The van der Waals surface area contributed by atoms with Crippen LogP contribution in [0.3, 0.4) is 0 Å². The van der Waals surface area contributed by atoms with Gasteiger partial charge >= 0.3 is 5.97 Å². The molecule has 0 radical (unpaired) electrons. The Labute approximate surface area is 119 Å². The fourth-order valence-corrected chi connectivity index (χ4v) is 3.00. The molecule has 1 aliphatic heterocycles. The third-order valence-corrected chi connectivity index (χ3v) is 4.42. The van der Waals surface area contributed by atoms with E-state index in [0.29, 0.717) is 31.6 Å². The van der Waals surface area contributed by atoms with E-state index in [1.807, 2.05) is 31.5 Å². The number of rotatable bonds is 4. The van der Waals surface area contributed by atoms with Crippen molar-refractivity contribution in [1.29, 1.82) is 0 Å². The third-order valence-electron chi connectivity index (χ3n) is 4.42. The van der Waals surface area contributed by atoms with Crippen LogP contribution >= 0.6 is 0 Å². The molecule has 5 nitrogen and oxygen atoms in total. The van der Waals surface area contributed by atoms with Crippen LogP contribution in [0, 0.1) is 12.3 Å². The van der Waals surface area contributed by atoms with Gasteiger partial charge in [0, 0.05) is 25.8 Å². The Morgan fingerprint density at radius 2 is 2.10 bits per heavy atom. The number of carboxylic acid groups (broad SMARTS) is 1. The van der Waals surface area contributed by atoms with Crippen LogP contribution in [0.4, 0.5) is 0 Å². The summed E-state index contributed by atoms with van der Waals surface area (Å²) in [6.07, 6.45) is 1.99. The second-order valence-electron chi connectivity index (χ2n) is 5.73. The number of carbonyl (C=O) groups excluding carboxylic acids is 1. The molecule has 110 valence electrons. The molecule has 2 heterocycles. The van der Waals surface area contributed by atoms with Crippen molar-refractivity contribution >= 4 is 11.9 Å². The van der Waals surface area contributed by atoms with E-state index in [0.717, 1.165) is 12.1 Å². The van der Waals surface area contributed by atoms with Crippen molar-refractivity contribution in [3.8, 4) is 0 Å². The predicted octanol–water partition coefficient (Wildman–Crippen LogP) is 2.05. The van der Waals surface area contributed by atoms with Gasteiger partial charge in [0.1, 0.15) is 5.69 Å². The van der Waals surface area contributed by atoms with E-state index in [2.05, 4.69) is 0 Å². The van der Waals surface area contributed by atoms with Crippen molar-refractivity contribution in [2.45, 2.75) is 33.1 Å². The topological polar surface area (TPSA) is 62.5 Å². The number of aryl methyl sites for hydroxylation is 1. The lowest BCUT2D eigenvalue weighted by Gasteiger charge is -2.24. The molecule has 1 aromatic rings. The first kappa shape index (κ1) is 14.6. The molecular formula is C15H22N2O3. The Hall–Kier alpha value is -1.78. The highest BCUT2D eigenvalue weighted by Crippen LogP contribution is 2.36. The van der Waals surface area contributed by atoms with E-state index in [-0.39, 0.29) is 5.91 Å². The highest BCUT2D eigenvalue weighted by atomic mass is 16.4. The highest BCUT2D eigenvalue weighted by molar-refractivity contribution is 5.93. The van der Waals surface area contributed by atoms with Crippen molar-refractivity contribution in [2.24, 2.45) is 12.5 Å². The summed E-state index contributed by atoms with van der Waals surface area (Å²) in [4.78, 5) is 25.7.